The summed E-state index contributed by atoms with van der Waals surface area (Å²) in [6, 6.07) is 21.2. The molecule has 9 heteroatoms. The Hall–Kier alpha value is -4.66. The first-order chi connectivity index (χ1) is 17.5. The quantitative estimate of drug-likeness (QED) is 0.228. The third-order valence-corrected chi connectivity index (χ3v) is 4.93. The summed E-state index contributed by atoms with van der Waals surface area (Å²) in [6.45, 7) is 4.08. The van der Waals surface area contributed by atoms with Gasteiger partial charge in [-0.25, -0.2) is 5.43 Å². The first kappa shape index (κ1) is 26.0. The number of nitrogens with one attached hydrogen (secondary N) is 3. The van der Waals surface area contributed by atoms with Gasteiger partial charge < -0.3 is 20.1 Å². The van der Waals surface area contributed by atoms with Crippen LogP contribution < -0.4 is 25.5 Å². The van der Waals surface area contributed by atoms with Crippen molar-refractivity contribution >= 4 is 35.3 Å². The second kappa shape index (κ2) is 13.3. The molecular weight excluding hydrogens is 460 g/mol. The molecule has 0 atom stereocenters. The monoisotopic (exact) mass is 488 g/mol. The van der Waals surface area contributed by atoms with Crippen molar-refractivity contribution in [3.63, 3.8) is 0 Å². The van der Waals surface area contributed by atoms with Gasteiger partial charge in [0.15, 0.2) is 6.61 Å². The number of hydrogen-bond acceptors (Lipinski definition) is 6. The topological polar surface area (TPSA) is 118 Å². The summed E-state index contributed by atoms with van der Waals surface area (Å²) >= 11 is 0. The summed E-state index contributed by atoms with van der Waals surface area (Å²) in [6.07, 6.45) is 2.25. The van der Waals surface area contributed by atoms with Gasteiger partial charge in [0.25, 0.3) is 5.91 Å². The molecule has 0 radical (unpaired) electrons. The predicted octanol–water partition coefficient (Wildman–Crippen LogP) is 3.75. The highest BCUT2D eigenvalue weighted by molar-refractivity contribution is 6.39. The number of carbonyl (C=O) groups is 3. The van der Waals surface area contributed by atoms with Crippen molar-refractivity contribution < 1.29 is 23.9 Å². The van der Waals surface area contributed by atoms with E-state index in [1.54, 1.807) is 48.5 Å². The Kier molecular flexibility index (Phi) is 9.58. The van der Waals surface area contributed by atoms with E-state index in [0.29, 0.717) is 35.0 Å². The molecule has 0 saturated carbocycles. The molecule has 0 aliphatic rings. The fourth-order valence-corrected chi connectivity index (χ4v) is 3.12. The Morgan fingerprint density at radius 1 is 0.806 bits per heavy atom. The van der Waals surface area contributed by atoms with E-state index in [-0.39, 0.29) is 12.5 Å². The number of ether oxygens (including phenoxy) is 2. The van der Waals surface area contributed by atoms with Crippen molar-refractivity contribution in [3.8, 4) is 11.5 Å². The van der Waals surface area contributed by atoms with Gasteiger partial charge in [-0.05, 0) is 55.3 Å². The zero-order valence-corrected chi connectivity index (χ0v) is 20.1. The van der Waals surface area contributed by atoms with E-state index < -0.39 is 11.8 Å². The molecule has 0 unspecified atom stereocenters. The maximum atomic E-state index is 12.3. The number of benzene rings is 3. The number of anilines is 2. The predicted molar refractivity (Wildman–Crippen MR) is 138 cm³/mol. The van der Waals surface area contributed by atoms with E-state index in [2.05, 4.69) is 28.1 Å². The summed E-state index contributed by atoms with van der Waals surface area (Å²) in [5.41, 5.74) is 4.93. The van der Waals surface area contributed by atoms with Crippen molar-refractivity contribution in [2.45, 2.75) is 20.3 Å². The Bertz CT molecular complexity index is 1220. The highest BCUT2D eigenvalue weighted by Gasteiger charge is 2.15. The fourth-order valence-electron chi connectivity index (χ4n) is 3.12. The lowest BCUT2D eigenvalue weighted by Gasteiger charge is -2.10. The third kappa shape index (κ3) is 7.69. The number of rotatable bonds is 10. The van der Waals surface area contributed by atoms with Crippen LogP contribution in [0.25, 0.3) is 0 Å². The number of para-hydroxylation sites is 3. The highest BCUT2D eigenvalue weighted by Crippen LogP contribution is 2.23. The molecular formula is C27H28N4O5. The Labute approximate surface area is 209 Å². The van der Waals surface area contributed by atoms with E-state index in [1.807, 2.05) is 31.2 Å². The van der Waals surface area contributed by atoms with Crippen molar-refractivity contribution in [2.24, 2.45) is 5.10 Å². The van der Waals surface area contributed by atoms with Crippen LogP contribution in [0.2, 0.25) is 0 Å². The molecule has 0 heterocycles. The van der Waals surface area contributed by atoms with Gasteiger partial charge in [0.2, 0.25) is 0 Å². The van der Waals surface area contributed by atoms with E-state index >= 15 is 0 Å². The molecule has 0 aliphatic carbocycles. The maximum Gasteiger partial charge on any atom is 0.329 e. The van der Waals surface area contributed by atoms with Crippen LogP contribution in [-0.2, 0) is 20.8 Å². The molecule has 9 nitrogen and oxygen atoms in total. The first-order valence-corrected chi connectivity index (χ1v) is 11.5. The molecule has 0 saturated heterocycles. The number of carbonyl (C=O) groups excluding carboxylic acids is 3. The molecule has 3 aromatic carbocycles. The summed E-state index contributed by atoms with van der Waals surface area (Å²) < 4.78 is 11.1. The molecule has 0 bridgehead atoms. The number of aryl methyl sites for hydroxylation is 1. The van der Waals surface area contributed by atoms with Gasteiger partial charge in [0.1, 0.15) is 11.5 Å². The van der Waals surface area contributed by atoms with Crippen LogP contribution >= 0.6 is 0 Å². The Morgan fingerprint density at radius 2 is 1.50 bits per heavy atom. The van der Waals surface area contributed by atoms with Gasteiger partial charge in [-0.1, -0.05) is 43.3 Å². The second-order valence-corrected chi connectivity index (χ2v) is 7.51. The van der Waals surface area contributed by atoms with Gasteiger partial charge in [-0.15, -0.1) is 0 Å². The third-order valence-electron chi connectivity index (χ3n) is 4.93. The average molecular weight is 489 g/mol. The molecule has 3 rings (SSSR count). The van der Waals surface area contributed by atoms with Crippen LogP contribution in [-0.4, -0.2) is 37.1 Å². The van der Waals surface area contributed by atoms with Crippen LogP contribution in [0, 0.1) is 0 Å². The van der Waals surface area contributed by atoms with E-state index in [1.165, 1.54) is 11.8 Å². The molecule has 3 N–H and O–H groups in total. The van der Waals surface area contributed by atoms with E-state index in [0.717, 1.165) is 6.42 Å². The molecule has 3 amide bonds. The van der Waals surface area contributed by atoms with E-state index in [4.69, 9.17) is 9.47 Å². The standard InChI is InChI=1S/C27H28N4O5/c1-3-19-13-15-21(16-14-19)29-25(32)18-36-23-11-7-5-9-20(23)17-28-31-27(34)26(33)30-22-10-6-8-12-24(22)35-4-2/h5-17H,3-4,18H2,1-2H3,(H,29,32)(H,30,33)(H,31,34)/b28-17-. The molecule has 0 aliphatic heterocycles. The van der Waals surface area contributed by atoms with Crippen molar-refractivity contribution in [1.29, 1.82) is 0 Å². The van der Waals surface area contributed by atoms with Crippen LogP contribution in [0.3, 0.4) is 0 Å². The number of amides is 3. The normalized spacial score (nSPS) is 10.5. The van der Waals surface area contributed by atoms with Crippen molar-refractivity contribution in [2.75, 3.05) is 23.8 Å². The minimum Gasteiger partial charge on any atom is -0.492 e. The molecule has 3 aromatic rings. The lowest BCUT2D eigenvalue weighted by molar-refractivity contribution is -0.136. The molecule has 186 valence electrons. The minimum atomic E-state index is -0.954. The number of nitrogens with zero attached hydrogens (tertiary/aromatic N) is 1. The van der Waals surface area contributed by atoms with Gasteiger partial charge in [0.05, 0.1) is 18.5 Å². The molecule has 0 fully saturated rings. The molecule has 0 spiro atoms. The maximum absolute atomic E-state index is 12.3. The van der Waals surface area contributed by atoms with Crippen molar-refractivity contribution in [1.82, 2.24) is 5.43 Å². The van der Waals surface area contributed by atoms with Crippen LogP contribution in [0.5, 0.6) is 11.5 Å². The number of hydrogen-bond donors (Lipinski definition) is 3. The smallest absolute Gasteiger partial charge is 0.329 e. The SMILES string of the molecule is CCOc1ccccc1NC(=O)C(=O)N/N=C\c1ccccc1OCC(=O)Nc1ccc(CC)cc1. The van der Waals surface area contributed by atoms with Gasteiger partial charge in [-0.3, -0.25) is 14.4 Å². The summed E-state index contributed by atoms with van der Waals surface area (Å²) in [7, 11) is 0. The second-order valence-electron chi connectivity index (χ2n) is 7.51. The fraction of sp³-hybridized carbons (Fsp3) is 0.185. The van der Waals surface area contributed by atoms with Crippen LogP contribution in [0.15, 0.2) is 77.9 Å². The summed E-state index contributed by atoms with van der Waals surface area (Å²) in [5, 5.41) is 9.11. The summed E-state index contributed by atoms with van der Waals surface area (Å²) in [5.74, 6) is -1.32. The first-order valence-electron chi connectivity index (χ1n) is 11.5. The van der Waals surface area contributed by atoms with Gasteiger partial charge >= 0.3 is 11.8 Å². The molecule has 0 aromatic heterocycles. The lowest BCUT2D eigenvalue weighted by atomic mass is 10.1. The lowest BCUT2D eigenvalue weighted by Crippen LogP contribution is -2.32. The zero-order chi connectivity index (χ0) is 25.8. The largest absolute Gasteiger partial charge is 0.492 e. The Balaban J connectivity index is 1.53. The van der Waals surface area contributed by atoms with Crippen LogP contribution in [0.4, 0.5) is 11.4 Å². The van der Waals surface area contributed by atoms with Gasteiger partial charge in [0, 0.05) is 11.3 Å². The summed E-state index contributed by atoms with van der Waals surface area (Å²) in [4.78, 5) is 36.6. The van der Waals surface area contributed by atoms with Crippen LogP contribution in [0.1, 0.15) is 25.0 Å². The number of hydrazone groups is 1. The van der Waals surface area contributed by atoms with Crippen molar-refractivity contribution in [3.05, 3.63) is 83.9 Å². The highest BCUT2D eigenvalue weighted by atomic mass is 16.5. The van der Waals surface area contributed by atoms with Gasteiger partial charge in [-0.2, -0.15) is 5.10 Å². The van der Waals surface area contributed by atoms with E-state index in [9.17, 15) is 14.4 Å². The average Bonchev–Trinajstić information content (AvgIpc) is 2.89. The molecule has 36 heavy (non-hydrogen) atoms. The minimum absolute atomic E-state index is 0.214. The zero-order valence-electron chi connectivity index (χ0n) is 20.1. The Morgan fingerprint density at radius 3 is 2.22 bits per heavy atom.